The van der Waals surface area contributed by atoms with E-state index >= 15 is 0 Å². The Kier molecular flexibility index (Phi) is 4.39. The van der Waals surface area contributed by atoms with Crippen LogP contribution in [-0.4, -0.2) is 4.92 Å². The van der Waals surface area contributed by atoms with Crippen molar-refractivity contribution in [2.24, 2.45) is 5.84 Å². The van der Waals surface area contributed by atoms with Crippen molar-refractivity contribution in [1.82, 2.24) is 0 Å². The van der Waals surface area contributed by atoms with Gasteiger partial charge in [0.2, 0.25) is 0 Å². The van der Waals surface area contributed by atoms with E-state index in [2.05, 4.69) is 26.7 Å². The number of halogens is 2. The number of hydrogen-bond acceptors (Lipinski definition) is 5. The van der Waals surface area contributed by atoms with Crippen molar-refractivity contribution >= 4 is 38.7 Å². The monoisotopic (exact) mass is 354 g/mol. The Morgan fingerprint density at radius 1 is 1.29 bits per heavy atom. The molecule has 2 rings (SSSR count). The average molecular weight is 355 g/mol. The van der Waals surface area contributed by atoms with E-state index in [4.69, 9.17) is 5.84 Å². The summed E-state index contributed by atoms with van der Waals surface area (Å²) in [5.74, 6) is 4.89. The lowest BCUT2D eigenvalue weighted by Crippen LogP contribution is -2.10. The number of anilines is 3. The number of para-hydroxylation sites is 1. The Hall–Kier alpha value is -2.19. The summed E-state index contributed by atoms with van der Waals surface area (Å²) in [4.78, 5) is 10.7. The standard InChI is InChI=1S/C13H12BrFN4O2/c1-7-5-9(15)8(14)6-12(7)17-10-3-2-4-11(18-16)13(10)19(20)21/h2-6,17-18H,16H2,1H3. The van der Waals surface area contributed by atoms with Gasteiger partial charge in [-0.05, 0) is 52.7 Å². The molecule has 8 heteroatoms. The lowest BCUT2D eigenvalue weighted by atomic mass is 10.1. The van der Waals surface area contributed by atoms with Crippen molar-refractivity contribution in [1.29, 1.82) is 0 Å². The van der Waals surface area contributed by atoms with Gasteiger partial charge in [-0.1, -0.05) is 6.07 Å². The topological polar surface area (TPSA) is 93.2 Å². The zero-order valence-corrected chi connectivity index (χ0v) is 12.6. The van der Waals surface area contributed by atoms with Crippen LogP contribution in [0, 0.1) is 22.9 Å². The third kappa shape index (κ3) is 3.11. The number of nitrogen functional groups attached to an aromatic ring is 1. The lowest BCUT2D eigenvalue weighted by Gasteiger charge is -2.12. The first-order valence-electron chi connectivity index (χ1n) is 5.90. The highest BCUT2D eigenvalue weighted by Crippen LogP contribution is 2.35. The molecule has 0 amide bonds. The number of hydrazine groups is 1. The number of rotatable bonds is 4. The molecule has 2 aromatic rings. The summed E-state index contributed by atoms with van der Waals surface area (Å²) in [6, 6.07) is 7.53. The number of nitro groups is 1. The summed E-state index contributed by atoms with van der Waals surface area (Å²) in [6.07, 6.45) is 0. The molecule has 0 spiro atoms. The van der Waals surface area contributed by atoms with Gasteiger partial charge in [-0.2, -0.15) is 0 Å². The normalized spacial score (nSPS) is 10.3. The van der Waals surface area contributed by atoms with Crippen LogP contribution in [0.3, 0.4) is 0 Å². The van der Waals surface area contributed by atoms with E-state index in [0.717, 1.165) is 0 Å². The zero-order valence-electron chi connectivity index (χ0n) is 11.0. The van der Waals surface area contributed by atoms with Crippen LogP contribution in [0.25, 0.3) is 0 Å². The number of hydrogen-bond donors (Lipinski definition) is 3. The van der Waals surface area contributed by atoms with Crippen LogP contribution in [-0.2, 0) is 0 Å². The quantitative estimate of drug-likeness (QED) is 0.440. The van der Waals surface area contributed by atoms with Crippen LogP contribution in [0.15, 0.2) is 34.8 Å². The maximum atomic E-state index is 13.4. The predicted molar refractivity (Wildman–Crippen MR) is 83.0 cm³/mol. The molecule has 6 nitrogen and oxygen atoms in total. The molecule has 0 atom stereocenters. The lowest BCUT2D eigenvalue weighted by molar-refractivity contribution is -0.383. The fraction of sp³-hybridized carbons (Fsp3) is 0.0769. The number of benzene rings is 2. The fourth-order valence-corrected chi connectivity index (χ4v) is 2.23. The molecule has 0 aromatic heterocycles. The van der Waals surface area contributed by atoms with Crippen molar-refractivity contribution in [3.63, 3.8) is 0 Å². The SMILES string of the molecule is Cc1cc(F)c(Br)cc1Nc1cccc(NN)c1[N+](=O)[O-]. The van der Waals surface area contributed by atoms with Gasteiger partial charge in [0.25, 0.3) is 0 Å². The molecule has 21 heavy (non-hydrogen) atoms. The molecule has 0 unspecified atom stereocenters. The number of nitrogens with two attached hydrogens (primary N) is 1. The van der Waals surface area contributed by atoms with Crippen LogP contribution in [0.5, 0.6) is 0 Å². The van der Waals surface area contributed by atoms with Gasteiger partial charge in [0.05, 0.1) is 9.40 Å². The molecule has 110 valence electrons. The highest BCUT2D eigenvalue weighted by atomic mass is 79.9. The second-order valence-corrected chi connectivity index (χ2v) is 5.16. The van der Waals surface area contributed by atoms with E-state index in [1.165, 1.54) is 18.2 Å². The summed E-state index contributed by atoms with van der Waals surface area (Å²) < 4.78 is 13.7. The molecule has 2 aromatic carbocycles. The molecule has 0 heterocycles. The highest BCUT2D eigenvalue weighted by Gasteiger charge is 2.20. The van der Waals surface area contributed by atoms with E-state index in [9.17, 15) is 14.5 Å². The van der Waals surface area contributed by atoms with E-state index in [-0.39, 0.29) is 21.5 Å². The Labute approximate surface area is 128 Å². The van der Waals surface area contributed by atoms with Crippen molar-refractivity contribution < 1.29 is 9.31 Å². The van der Waals surface area contributed by atoms with Gasteiger partial charge in [0, 0.05) is 5.69 Å². The van der Waals surface area contributed by atoms with Crippen LogP contribution in [0.4, 0.5) is 27.1 Å². The number of aryl methyl sites for hydroxylation is 1. The minimum absolute atomic E-state index is 0.181. The third-order valence-corrected chi connectivity index (χ3v) is 3.52. The van der Waals surface area contributed by atoms with Crippen LogP contribution in [0.1, 0.15) is 5.56 Å². The Morgan fingerprint density at radius 3 is 2.57 bits per heavy atom. The minimum Gasteiger partial charge on any atom is -0.350 e. The summed E-state index contributed by atoms with van der Waals surface area (Å²) in [7, 11) is 0. The maximum Gasteiger partial charge on any atom is 0.316 e. The molecule has 0 saturated carbocycles. The molecule has 0 radical (unpaired) electrons. The number of nitrogens with one attached hydrogen (secondary N) is 2. The van der Waals surface area contributed by atoms with Crippen molar-refractivity contribution in [3.05, 3.63) is 56.3 Å². The molecule has 0 aliphatic carbocycles. The van der Waals surface area contributed by atoms with Gasteiger partial charge in [-0.25, -0.2) is 4.39 Å². The van der Waals surface area contributed by atoms with E-state index in [1.807, 2.05) is 0 Å². The highest BCUT2D eigenvalue weighted by molar-refractivity contribution is 9.10. The Morgan fingerprint density at radius 2 is 1.95 bits per heavy atom. The minimum atomic E-state index is -0.536. The second-order valence-electron chi connectivity index (χ2n) is 4.31. The average Bonchev–Trinajstić information content (AvgIpc) is 2.44. The predicted octanol–water partition coefficient (Wildman–Crippen LogP) is 3.83. The molecular weight excluding hydrogens is 343 g/mol. The maximum absolute atomic E-state index is 13.4. The number of nitro benzene ring substituents is 1. The fourth-order valence-electron chi connectivity index (χ4n) is 1.88. The summed E-state index contributed by atoms with van der Waals surface area (Å²) in [5.41, 5.74) is 3.73. The largest absolute Gasteiger partial charge is 0.350 e. The smallest absolute Gasteiger partial charge is 0.316 e. The van der Waals surface area contributed by atoms with Gasteiger partial charge in [0.15, 0.2) is 0 Å². The van der Waals surface area contributed by atoms with E-state index in [1.54, 1.807) is 19.1 Å². The zero-order chi connectivity index (χ0) is 15.6. The van der Waals surface area contributed by atoms with Gasteiger partial charge in [-0.3, -0.25) is 16.0 Å². The summed E-state index contributed by atoms with van der Waals surface area (Å²) >= 11 is 3.09. The summed E-state index contributed by atoms with van der Waals surface area (Å²) in [5, 5.41) is 14.1. The number of nitrogens with zero attached hydrogens (tertiary/aromatic N) is 1. The van der Waals surface area contributed by atoms with Gasteiger partial charge in [0.1, 0.15) is 17.2 Å². The molecular formula is C13H12BrFN4O2. The Balaban J connectivity index is 2.49. The molecule has 0 aliphatic heterocycles. The van der Waals surface area contributed by atoms with Crippen LogP contribution in [0.2, 0.25) is 0 Å². The van der Waals surface area contributed by atoms with Crippen molar-refractivity contribution in [2.75, 3.05) is 10.7 Å². The van der Waals surface area contributed by atoms with Crippen LogP contribution >= 0.6 is 15.9 Å². The first kappa shape index (κ1) is 15.2. The third-order valence-electron chi connectivity index (χ3n) is 2.91. The van der Waals surface area contributed by atoms with Gasteiger partial charge >= 0.3 is 5.69 Å². The van der Waals surface area contributed by atoms with E-state index in [0.29, 0.717) is 11.3 Å². The van der Waals surface area contributed by atoms with Crippen LogP contribution < -0.4 is 16.6 Å². The van der Waals surface area contributed by atoms with Gasteiger partial charge < -0.3 is 10.7 Å². The Bertz CT molecular complexity index is 709. The molecule has 0 bridgehead atoms. The van der Waals surface area contributed by atoms with Gasteiger partial charge in [-0.15, -0.1) is 0 Å². The molecule has 0 fully saturated rings. The van der Waals surface area contributed by atoms with Crippen molar-refractivity contribution in [3.8, 4) is 0 Å². The van der Waals surface area contributed by atoms with E-state index < -0.39 is 10.7 Å². The first-order valence-corrected chi connectivity index (χ1v) is 6.70. The molecule has 0 aliphatic rings. The van der Waals surface area contributed by atoms with Crippen molar-refractivity contribution in [2.45, 2.75) is 6.92 Å². The first-order chi connectivity index (χ1) is 9.93. The molecule has 4 N–H and O–H groups in total. The summed E-state index contributed by atoms with van der Waals surface area (Å²) in [6.45, 7) is 1.70. The second kappa shape index (κ2) is 6.06. The molecule has 0 saturated heterocycles.